The molecule has 1 amide bonds. The normalized spacial score (nSPS) is 38.1. The average molecular weight is 668 g/mol. The Morgan fingerprint density at radius 2 is 1.79 bits per heavy atom. The Labute approximate surface area is 282 Å². The second kappa shape index (κ2) is 12.7. The molecule has 261 valence electrons. The number of ether oxygens (including phenoxy) is 3. The summed E-state index contributed by atoms with van der Waals surface area (Å²) < 4.78 is 17.9. The smallest absolute Gasteiger partial charge is 0.409 e. The standard InChI is InChI=1S/C35H48BN2O10/c1-18-21(47-30(43)27(41)25(37-36-17-39)20-12-10-9-11-13-20)15-35(45)19(2)28-33(5)16-46-22(33)14-23(48-31(44)38(7)8)34(28,6)29(42)26(40)24(18)32(35,3)4/h9-13,17,19,21-23,25-28,37,40-41,45H,14-16H2,1-8H3/t19-,21-,22+,23-,25-,26+,27+,28+,33+,34+,35+/m0/s1. The third-order valence-corrected chi connectivity index (χ3v) is 12.2. The van der Waals surface area contributed by atoms with Crippen molar-refractivity contribution in [3.05, 3.63) is 47.0 Å². The molecule has 1 aromatic carbocycles. The van der Waals surface area contributed by atoms with E-state index in [0.29, 0.717) is 23.9 Å². The summed E-state index contributed by atoms with van der Waals surface area (Å²) in [5, 5.41) is 39.0. The number of Topliss-reactive ketones (excluding diaryl/α,β-unsaturated/α-hetero) is 1. The first-order valence-electron chi connectivity index (χ1n) is 16.5. The van der Waals surface area contributed by atoms with Crippen LogP contribution in [0.5, 0.6) is 0 Å². The maximum absolute atomic E-state index is 14.8. The first-order chi connectivity index (χ1) is 22.4. The molecular formula is C35H48BN2O10. The van der Waals surface area contributed by atoms with Crippen LogP contribution in [0.25, 0.3) is 0 Å². The lowest BCUT2D eigenvalue weighted by molar-refractivity contribution is -0.302. The van der Waals surface area contributed by atoms with E-state index in [4.69, 9.17) is 14.2 Å². The van der Waals surface area contributed by atoms with Crippen molar-refractivity contribution in [2.75, 3.05) is 20.7 Å². The molecule has 11 atom stereocenters. The number of amides is 1. The molecule has 0 aromatic heterocycles. The minimum absolute atomic E-state index is 0.0872. The molecule has 5 rings (SSSR count). The number of ketones is 1. The van der Waals surface area contributed by atoms with Crippen molar-refractivity contribution in [1.82, 2.24) is 10.1 Å². The van der Waals surface area contributed by atoms with Gasteiger partial charge in [0.05, 0.1) is 36.0 Å². The van der Waals surface area contributed by atoms with Crippen LogP contribution in [0.1, 0.15) is 66.0 Å². The summed E-state index contributed by atoms with van der Waals surface area (Å²) in [5.74, 6) is -2.82. The summed E-state index contributed by atoms with van der Waals surface area (Å²) in [6, 6.07) is 7.60. The summed E-state index contributed by atoms with van der Waals surface area (Å²) in [7, 11) is 4.18. The van der Waals surface area contributed by atoms with Gasteiger partial charge in [0.1, 0.15) is 18.3 Å². The molecule has 0 spiro atoms. The van der Waals surface area contributed by atoms with Crippen LogP contribution in [0.15, 0.2) is 41.5 Å². The maximum atomic E-state index is 14.8. The lowest BCUT2D eigenvalue weighted by atomic mass is 9.40. The van der Waals surface area contributed by atoms with Gasteiger partial charge in [-0.1, -0.05) is 58.0 Å². The first-order valence-corrected chi connectivity index (χ1v) is 16.5. The molecule has 12 nitrogen and oxygen atoms in total. The summed E-state index contributed by atoms with van der Waals surface area (Å²) in [6.07, 6.45) is -5.84. The van der Waals surface area contributed by atoms with Crippen LogP contribution < -0.4 is 5.23 Å². The number of aliphatic hydroxyl groups excluding tert-OH is 2. The monoisotopic (exact) mass is 667 g/mol. The number of esters is 1. The third-order valence-electron chi connectivity index (χ3n) is 12.2. The SMILES string of the molecule is CC1=C2[C@@H](O)C(=O)[C@]3(C)[C@@H](OC(=O)N(C)C)C[C@H]4OC[C@@]4(C)[C@H]3[C@H](C)[C@](O)(C[C@@H]1OC(=O)[C@H](O)[C@@H](N[B]C=O)c1ccccc1)C2(C)C. The fourth-order valence-electron chi connectivity index (χ4n) is 9.47. The van der Waals surface area contributed by atoms with Crippen molar-refractivity contribution in [2.24, 2.45) is 28.1 Å². The van der Waals surface area contributed by atoms with Crippen LogP contribution in [0, 0.1) is 28.1 Å². The second-order valence-corrected chi connectivity index (χ2v) is 15.2. The zero-order valence-electron chi connectivity index (χ0n) is 28.9. The highest BCUT2D eigenvalue weighted by atomic mass is 16.6. The van der Waals surface area contributed by atoms with E-state index in [-0.39, 0.29) is 24.5 Å². The molecular weight excluding hydrogens is 619 g/mol. The Morgan fingerprint density at radius 1 is 1.15 bits per heavy atom. The number of nitrogens with zero attached hydrogens (tertiary/aromatic N) is 1. The lowest BCUT2D eigenvalue weighted by Crippen LogP contribution is -2.75. The Morgan fingerprint density at radius 3 is 2.35 bits per heavy atom. The zero-order chi connectivity index (χ0) is 35.6. The number of rotatable bonds is 8. The molecule has 3 aliphatic carbocycles. The fourth-order valence-corrected chi connectivity index (χ4v) is 9.47. The number of hydrogen-bond acceptors (Lipinski definition) is 11. The minimum Gasteiger partial charge on any atom is -0.456 e. The van der Waals surface area contributed by atoms with Crippen LogP contribution >= 0.6 is 0 Å². The van der Waals surface area contributed by atoms with Gasteiger partial charge in [0.15, 0.2) is 11.9 Å². The first kappa shape index (κ1) is 36.2. The molecule has 48 heavy (non-hydrogen) atoms. The van der Waals surface area contributed by atoms with Crippen LogP contribution in [-0.4, -0.2) is 108 Å². The number of fused-ring (bicyclic) bond motifs is 5. The molecule has 4 aliphatic rings. The van der Waals surface area contributed by atoms with Gasteiger partial charge in [-0.2, -0.15) is 0 Å². The zero-order valence-corrected chi connectivity index (χ0v) is 28.9. The molecule has 1 radical (unpaired) electrons. The van der Waals surface area contributed by atoms with Crippen molar-refractivity contribution < 1.29 is 48.7 Å². The van der Waals surface area contributed by atoms with Gasteiger partial charge in [-0.25, -0.2) is 9.59 Å². The molecule has 2 saturated carbocycles. The van der Waals surface area contributed by atoms with Gasteiger partial charge in [0, 0.05) is 37.8 Å². The summed E-state index contributed by atoms with van der Waals surface area (Å²) in [4.78, 5) is 53.7. The van der Waals surface area contributed by atoms with Gasteiger partial charge >= 0.3 is 12.1 Å². The van der Waals surface area contributed by atoms with Crippen molar-refractivity contribution in [2.45, 2.75) is 96.5 Å². The highest BCUT2D eigenvalue weighted by Crippen LogP contribution is 2.67. The van der Waals surface area contributed by atoms with Gasteiger partial charge in [-0.05, 0) is 42.4 Å². The largest absolute Gasteiger partial charge is 0.456 e. The Balaban J connectivity index is 1.58. The van der Waals surface area contributed by atoms with Crippen molar-refractivity contribution >= 4 is 31.4 Å². The van der Waals surface area contributed by atoms with E-state index >= 15 is 0 Å². The molecule has 1 heterocycles. The van der Waals surface area contributed by atoms with Crippen LogP contribution in [0.2, 0.25) is 0 Å². The van der Waals surface area contributed by atoms with Crippen LogP contribution in [0.4, 0.5) is 4.79 Å². The number of carbonyl (C=O) groups excluding carboxylic acids is 4. The number of benzene rings is 1. The molecule has 0 unspecified atom stereocenters. The molecule has 2 bridgehead atoms. The molecule has 1 saturated heterocycles. The van der Waals surface area contributed by atoms with Crippen LogP contribution in [0.3, 0.4) is 0 Å². The van der Waals surface area contributed by atoms with E-state index in [1.165, 1.54) is 4.90 Å². The number of nitrogens with one attached hydrogen (secondary N) is 1. The van der Waals surface area contributed by atoms with Gasteiger partial charge in [-0.15, -0.1) is 0 Å². The molecule has 1 aromatic rings. The van der Waals surface area contributed by atoms with Gasteiger partial charge in [0.2, 0.25) is 0 Å². The topological polar surface area (TPSA) is 172 Å². The molecule has 1 aliphatic heterocycles. The Bertz CT molecular complexity index is 1480. The molecule has 3 fully saturated rings. The quantitative estimate of drug-likeness (QED) is 0.138. The molecule has 13 heteroatoms. The van der Waals surface area contributed by atoms with Crippen molar-refractivity contribution in [1.29, 1.82) is 0 Å². The number of carbonyl (C=O) groups is 4. The predicted octanol–water partition coefficient (Wildman–Crippen LogP) is 1.95. The fraction of sp³-hybridized carbons (Fsp3) is 0.657. The highest BCUT2D eigenvalue weighted by Gasteiger charge is 2.73. The lowest BCUT2D eigenvalue weighted by Gasteiger charge is -2.68. The Kier molecular flexibility index (Phi) is 9.54. The number of hydrogen-bond donors (Lipinski definition) is 4. The van der Waals surface area contributed by atoms with E-state index in [2.05, 4.69) is 5.23 Å². The van der Waals surface area contributed by atoms with Gasteiger partial charge in [0.25, 0.3) is 7.41 Å². The Hall–Kier alpha value is -3.10. The number of aliphatic hydroxyl groups is 3. The van der Waals surface area contributed by atoms with Gasteiger partial charge < -0.3 is 44.5 Å². The minimum atomic E-state index is -1.75. The highest BCUT2D eigenvalue weighted by molar-refractivity contribution is 6.64. The summed E-state index contributed by atoms with van der Waals surface area (Å²) in [6.45, 7) is 11.1. The van der Waals surface area contributed by atoms with Crippen molar-refractivity contribution in [3.63, 3.8) is 0 Å². The summed E-state index contributed by atoms with van der Waals surface area (Å²) in [5.41, 5.74) is -3.67. The second-order valence-electron chi connectivity index (χ2n) is 15.2. The molecule has 4 N–H and O–H groups in total. The van der Waals surface area contributed by atoms with E-state index < -0.39 is 82.0 Å². The van der Waals surface area contributed by atoms with Gasteiger partial charge in [-0.3, -0.25) is 4.79 Å². The van der Waals surface area contributed by atoms with E-state index in [1.807, 2.05) is 13.8 Å². The van der Waals surface area contributed by atoms with E-state index in [0.717, 1.165) is 7.41 Å². The predicted molar refractivity (Wildman–Crippen MR) is 175 cm³/mol. The van der Waals surface area contributed by atoms with E-state index in [9.17, 15) is 34.5 Å². The van der Waals surface area contributed by atoms with E-state index in [1.54, 1.807) is 72.1 Å². The van der Waals surface area contributed by atoms with Crippen molar-refractivity contribution in [3.8, 4) is 0 Å². The summed E-state index contributed by atoms with van der Waals surface area (Å²) >= 11 is 0. The average Bonchev–Trinajstić information content (AvgIpc) is 3.03. The van der Waals surface area contributed by atoms with Crippen LogP contribution in [-0.2, 0) is 28.6 Å². The maximum Gasteiger partial charge on any atom is 0.409 e. The third kappa shape index (κ3) is 5.33.